The van der Waals surface area contributed by atoms with E-state index in [0.717, 1.165) is 19.3 Å². The zero-order chi connectivity index (χ0) is 18.7. The average Bonchev–Trinajstić information content (AvgIpc) is 3.02. The van der Waals surface area contributed by atoms with Crippen LogP contribution in [0.25, 0.3) is 5.69 Å². The monoisotopic (exact) mass is 359 g/mol. The summed E-state index contributed by atoms with van der Waals surface area (Å²) in [6, 6.07) is 5.87. The molecule has 7 heteroatoms. The number of benzene rings is 1. The molecule has 0 bridgehead atoms. The normalized spacial score (nSPS) is 17.3. The fourth-order valence-electron chi connectivity index (χ4n) is 3.48. The number of amides is 1. The van der Waals surface area contributed by atoms with Gasteiger partial charge in [0.05, 0.1) is 23.1 Å². The highest BCUT2D eigenvalue weighted by Gasteiger charge is 2.29. The van der Waals surface area contributed by atoms with Gasteiger partial charge in [0.1, 0.15) is 5.82 Å². The molecule has 1 N–H and O–H groups in total. The Bertz CT molecular complexity index is 801. The van der Waals surface area contributed by atoms with Crippen LogP contribution in [0.4, 0.5) is 4.39 Å². The summed E-state index contributed by atoms with van der Waals surface area (Å²) in [4.78, 5) is 25.7. The predicted molar refractivity (Wildman–Crippen MR) is 93.8 cm³/mol. The van der Waals surface area contributed by atoms with E-state index < -0.39 is 5.97 Å². The molecule has 2 heterocycles. The zero-order valence-corrected chi connectivity index (χ0v) is 14.7. The summed E-state index contributed by atoms with van der Waals surface area (Å²) >= 11 is 0. The Labute approximate surface area is 151 Å². The minimum Gasteiger partial charge on any atom is -0.481 e. The number of hydrogen-bond donors (Lipinski definition) is 1. The van der Waals surface area contributed by atoms with Gasteiger partial charge in [-0.25, -0.2) is 9.07 Å². The van der Waals surface area contributed by atoms with Crippen LogP contribution < -0.4 is 0 Å². The lowest BCUT2D eigenvalue weighted by Crippen LogP contribution is -2.44. The van der Waals surface area contributed by atoms with Crippen molar-refractivity contribution in [3.8, 4) is 5.69 Å². The number of carbonyl (C=O) groups is 2. The molecule has 0 radical (unpaired) electrons. The van der Waals surface area contributed by atoms with E-state index in [1.807, 2.05) is 0 Å². The van der Waals surface area contributed by atoms with E-state index in [-0.39, 0.29) is 24.2 Å². The maximum absolute atomic E-state index is 13.1. The third-order valence-electron chi connectivity index (χ3n) is 4.89. The number of hydrogen-bond acceptors (Lipinski definition) is 3. The topological polar surface area (TPSA) is 75.4 Å². The van der Waals surface area contributed by atoms with E-state index in [4.69, 9.17) is 5.11 Å². The maximum Gasteiger partial charge on any atom is 0.303 e. The van der Waals surface area contributed by atoms with Gasteiger partial charge < -0.3 is 10.0 Å². The third kappa shape index (κ3) is 3.76. The summed E-state index contributed by atoms with van der Waals surface area (Å²) in [6.07, 6.45) is 4.80. The van der Waals surface area contributed by atoms with Gasteiger partial charge in [-0.2, -0.15) is 5.10 Å². The van der Waals surface area contributed by atoms with Crippen molar-refractivity contribution in [2.75, 3.05) is 6.54 Å². The molecule has 0 unspecified atom stereocenters. The molecule has 1 atom stereocenters. The van der Waals surface area contributed by atoms with Gasteiger partial charge in [-0.05, 0) is 56.9 Å². The molecule has 1 aromatic heterocycles. The fourth-order valence-corrected chi connectivity index (χ4v) is 3.48. The second kappa shape index (κ2) is 7.68. The number of nitrogens with zero attached hydrogens (tertiary/aromatic N) is 3. The molecule has 1 amide bonds. The highest BCUT2D eigenvalue weighted by Crippen LogP contribution is 2.25. The summed E-state index contributed by atoms with van der Waals surface area (Å²) in [5, 5.41) is 13.2. The van der Waals surface area contributed by atoms with Crippen molar-refractivity contribution in [1.29, 1.82) is 0 Å². The van der Waals surface area contributed by atoms with Gasteiger partial charge in [0.25, 0.3) is 5.91 Å². The Morgan fingerprint density at radius 1 is 1.27 bits per heavy atom. The third-order valence-corrected chi connectivity index (χ3v) is 4.89. The van der Waals surface area contributed by atoms with Gasteiger partial charge in [0.2, 0.25) is 0 Å². The molecule has 1 aliphatic rings. The lowest BCUT2D eigenvalue weighted by atomic mass is 9.97. The first-order valence-corrected chi connectivity index (χ1v) is 8.80. The Kier molecular flexibility index (Phi) is 5.35. The first-order valence-electron chi connectivity index (χ1n) is 8.80. The molecule has 0 aliphatic carbocycles. The van der Waals surface area contributed by atoms with Crippen molar-refractivity contribution in [2.24, 2.45) is 0 Å². The largest absolute Gasteiger partial charge is 0.481 e. The van der Waals surface area contributed by atoms with E-state index in [9.17, 15) is 14.0 Å². The number of aromatic nitrogens is 2. The SMILES string of the molecule is Cc1c(C(=O)N2CCCC[C@H]2CCC(=O)O)cnn1-c1ccc(F)cc1. The van der Waals surface area contributed by atoms with Crippen LogP contribution in [0.3, 0.4) is 0 Å². The molecule has 0 spiro atoms. The molecular weight excluding hydrogens is 337 g/mol. The summed E-state index contributed by atoms with van der Waals surface area (Å²) in [5.41, 5.74) is 1.87. The zero-order valence-electron chi connectivity index (χ0n) is 14.7. The predicted octanol–water partition coefficient (Wildman–Crippen LogP) is 3.18. The Balaban J connectivity index is 1.82. The van der Waals surface area contributed by atoms with Crippen molar-refractivity contribution in [2.45, 2.75) is 45.1 Å². The number of likely N-dealkylation sites (tertiary alicyclic amines) is 1. The highest BCUT2D eigenvalue weighted by atomic mass is 19.1. The van der Waals surface area contributed by atoms with E-state index in [1.165, 1.54) is 18.3 Å². The molecular formula is C19H22FN3O3. The van der Waals surface area contributed by atoms with Crippen LogP contribution >= 0.6 is 0 Å². The van der Waals surface area contributed by atoms with Gasteiger partial charge >= 0.3 is 5.97 Å². The lowest BCUT2D eigenvalue weighted by Gasteiger charge is -2.35. The second-order valence-electron chi connectivity index (χ2n) is 6.61. The summed E-state index contributed by atoms with van der Waals surface area (Å²) in [7, 11) is 0. The highest BCUT2D eigenvalue weighted by molar-refractivity contribution is 5.95. The van der Waals surface area contributed by atoms with Crippen LogP contribution in [0.5, 0.6) is 0 Å². The van der Waals surface area contributed by atoms with Crippen molar-refractivity contribution in [3.63, 3.8) is 0 Å². The number of carboxylic acids is 1. The molecule has 2 aromatic rings. The number of rotatable bonds is 5. The minimum atomic E-state index is -0.844. The molecule has 1 aromatic carbocycles. The first kappa shape index (κ1) is 18.1. The fraction of sp³-hybridized carbons (Fsp3) is 0.421. The number of halogens is 1. The van der Waals surface area contributed by atoms with Crippen molar-refractivity contribution in [1.82, 2.24) is 14.7 Å². The van der Waals surface area contributed by atoms with Gasteiger partial charge in [0.15, 0.2) is 0 Å². The average molecular weight is 359 g/mol. The van der Waals surface area contributed by atoms with Crippen LogP contribution in [-0.2, 0) is 4.79 Å². The molecule has 138 valence electrons. The van der Waals surface area contributed by atoms with Crippen LogP contribution in [-0.4, -0.2) is 44.3 Å². The summed E-state index contributed by atoms with van der Waals surface area (Å²) in [6.45, 7) is 2.43. The number of piperidine rings is 1. The van der Waals surface area contributed by atoms with Crippen LogP contribution in [0, 0.1) is 12.7 Å². The second-order valence-corrected chi connectivity index (χ2v) is 6.61. The number of carbonyl (C=O) groups excluding carboxylic acids is 1. The van der Waals surface area contributed by atoms with Gasteiger partial charge in [-0.15, -0.1) is 0 Å². The van der Waals surface area contributed by atoms with Crippen molar-refractivity contribution >= 4 is 11.9 Å². The molecule has 1 fully saturated rings. The van der Waals surface area contributed by atoms with E-state index in [2.05, 4.69) is 5.10 Å². The van der Waals surface area contributed by atoms with Crippen LogP contribution in [0.1, 0.15) is 48.2 Å². The first-order chi connectivity index (χ1) is 12.5. The van der Waals surface area contributed by atoms with Crippen molar-refractivity contribution in [3.05, 3.63) is 47.5 Å². The summed E-state index contributed by atoms with van der Waals surface area (Å²) in [5.74, 6) is -1.29. The van der Waals surface area contributed by atoms with Crippen molar-refractivity contribution < 1.29 is 19.1 Å². The van der Waals surface area contributed by atoms with Crippen LogP contribution in [0.2, 0.25) is 0 Å². The molecule has 3 rings (SSSR count). The smallest absolute Gasteiger partial charge is 0.303 e. The minimum absolute atomic E-state index is 0.0547. The van der Waals surface area contributed by atoms with E-state index >= 15 is 0 Å². The van der Waals surface area contributed by atoms with Gasteiger partial charge in [-0.3, -0.25) is 9.59 Å². The Morgan fingerprint density at radius 2 is 2.00 bits per heavy atom. The van der Waals surface area contributed by atoms with Crippen LogP contribution in [0.15, 0.2) is 30.5 Å². The van der Waals surface area contributed by atoms with Gasteiger partial charge in [-0.1, -0.05) is 0 Å². The number of carboxylic acid groups (broad SMARTS) is 1. The molecule has 26 heavy (non-hydrogen) atoms. The quantitative estimate of drug-likeness (QED) is 0.890. The molecule has 1 saturated heterocycles. The molecule has 6 nitrogen and oxygen atoms in total. The van der Waals surface area contributed by atoms with E-state index in [0.29, 0.717) is 29.9 Å². The standard InChI is InChI=1S/C19H22FN3O3/c1-13-17(12-21-23(13)16-7-5-14(20)6-8-16)19(26)22-11-3-2-4-15(22)9-10-18(24)25/h5-8,12,15H,2-4,9-11H2,1H3,(H,24,25)/t15-/m0/s1. The number of aliphatic carboxylic acids is 1. The maximum atomic E-state index is 13.1. The van der Waals surface area contributed by atoms with Gasteiger partial charge in [0, 0.05) is 19.0 Å². The molecule has 0 saturated carbocycles. The van der Waals surface area contributed by atoms with E-state index in [1.54, 1.807) is 28.6 Å². The Morgan fingerprint density at radius 3 is 2.69 bits per heavy atom. The summed E-state index contributed by atoms with van der Waals surface area (Å²) < 4.78 is 14.7. The Hall–Kier alpha value is -2.70. The molecule has 1 aliphatic heterocycles. The lowest BCUT2D eigenvalue weighted by molar-refractivity contribution is -0.137.